The minimum Gasteiger partial charge on any atom is -0.481 e. The first-order valence-corrected chi connectivity index (χ1v) is 13.9. The molecule has 3 N–H and O–H groups in total. The molecule has 0 bridgehead atoms. The van der Waals surface area contributed by atoms with E-state index in [4.69, 9.17) is 28.4 Å². The van der Waals surface area contributed by atoms with E-state index >= 15 is 0 Å². The molecule has 0 radical (unpaired) electrons. The molecular formula is C23H46NO10P. The maximum Gasteiger partial charge on any atom is 0.472 e. The van der Waals surface area contributed by atoms with Gasteiger partial charge in [-0.05, 0) is 33.6 Å². The maximum atomic E-state index is 12.0. The molecule has 35 heavy (non-hydrogen) atoms. The molecule has 0 heterocycles. The van der Waals surface area contributed by atoms with Crippen molar-refractivity contribution in [3.8, 4) is 0 Å². The van der Waals surface area contributed by atoms with Crippen molar-refractivity contribution in [2.75, 3.05) is 40.1 Å². The summed E-state index contributed by atoms with van der Waals surface area (Å²) in [6, 6.07) is 0. The van der Waals surface area contributed by atoms with E-state index in [-0.39, 0.29) is 32.8 Å². The van der Waals surface area contributed by atoms with Crippen LogP contribution in [-0.2, 0) is 32.6 Å². The van der Waals surface area contributed by atoms with E-state index in [1.807, 2.05) is 0 Å². The van der Waals surface area contributed by atoms with Gasteiger partial charge in [-0.2, -0.15) is 0 Å². The van der Waals surface area contributed by atoms with E-state index < -0.39 is 31.6 Å². The molecule has 1 amide bonds. The first-order chi connectivity index (χ1) is 16.4. The summed E-state index contributed by atoms with van der Waals surface area (Å²) in [5.74, 6) is -0.722. The van der Waals surface area contributed by atoms with E-state index in [0.29, 0.717) is 6.61 Å². The fourth-order valence-corrected chi connectivity index (χ4v) is 3.71. The molecule has 2 atom stereocenters. The number of alkyl carbamates (subject to hydrolysis) is 1. The SMILES string of the molecule is COC(COCCCCCCCCCCCC(=O)O)COP(=O)(O)OCCNC(=O)OC(C)(C)C. The molecule has 208 valence electrons. The Morgan fingerprint density at radius 1 is 0.886 bits per heavy atom. The predicted molar refractivity (Wildman–Crippen MR) is 131 cm³/mol. The summed E-state index contributed by atoms with van der Waals surface area (Å²) < 4.78 is 37.6. The van der Waals surface area contributed by atoms with Gasteiger partial charge in [-0.1, -0.05) is 44.9 Å². The number of methoxy groups -OCH3 is 1. The second kappa shape index (κ2) is 19.9. The molecule has 0 spiro atoms. The van der Waals surface area contributed by atoms with Gasteiger partial charge in [0.1, 0.15) is 11.7 Å². The number of carbonyl (C=O) groups is 2. The van der Waals surface area contributed by atoms with Crippen LogP contribution in [0.2, 0.25) is 0 Å². The zero-order chi connectivity index (χ0) is 26.6. The Morgan fingerprint density at radius 2 is 1.46 bits per heavy atom. The maximum absolute atomic E-state index is 12.0. The summed E-state index contributed by atoms with van der Waals surface area (Å²) in [4.78, 5) is 31.7. The molecule has 0 aromatic heterocycles. The number of carboxylic acid groups (broad SMARTS) is 1. The standard InChI is InChI=1S/C23H46NO10P/c1-23(2,3)34-22(27)24-15-17-32-35(28,29)33-19-20(30-4)18-31-16-13-11-9-7-5-6-8-10-12-14-21(25)26/h20H,5-19H2,1-4H3,(H,24,27)(H,25,26)(H,28,29). The summed E-state index contributed by atoms with van der Waals surface area (Å²) in [7, 11) is -2.82. The fourth-order valence-electron chi connectivity index (χ4n) is 2.96. The molecule has 0 fully saturated rings. The molecule has 11 nitrogen and oxygen atoms in total. The Labute approximate surface area is 209 Å². The number of phosphoric ester groups is 1. The number of carbonyl (C=O) groups excluding carboxylic acids is 1. The quantitative estimate of drug-likeness (QED) is 0.134. The topological polar surface area (TPSA) is 150 Å². The molecule has 0 saturated heterocycles. The van der Waals surface area contributed by atoms with Crippen LogP contribution in [0.1, 0.15) is 85.0 Å². The zero-order valence-corrected chi connectivity index (χ0v) is 22.7. The molecule has 0 aromatic carbocycles. The van der Waals surface area contributed by atoms with Crippen LogP contribution in [0.15, 0.2) is 0 Å². The van der Waals surface area contributed by atoms with E-state index in [9.17, 15) is 19.0 Å². The first-order valence-electron chi connectivity index (χ1n) is 12.4. The van der Waals surface area contributed by atoms with Crippen LogP contribution in [0.25, 0.3) is 0 Å². The van der Waals surface area contributed by atoms with Crippen molar-refractivity contribution in [2.45, 2.75) is 96.7 Å². The van der Waals surface area contributed by atoms with Gasteiger partial charge in [0, 0.05) is 26.7 Å². The third-order valence-electron chi connectivity index (χ3n) is 4.76. The summed E-state index contributed by atoms with van der Waals surface area (Å²) in [6.07, 6.45) is 8.51. The Bertz CT molecular complexity index is 612. The third-order valence-corrected chi connectivity index (χ3v) is 5.75. The molecule has 2 unspecified atom stereocenters. The van der Waals surface area contributed by atoms with Gasteiger partial charge in [0.15, 0.2) is 0 Å². The van der Waals surface area contributed by atoms with Crippen molar-refractivity contribution in [1.82, 2.24) is 5.32 Å². The van der Waals surface area contributed by atoms with Crippen LogP contribution < -0.4 is 5.32 Å². The number of ether oxygens (including phenoxy) is 3. The average molecular weight is 528 g/mol. The third kappa shape index (κ3) is 24.2. The highest BCUT2D eigenvalue weighted by Gasteiger charge is 2.24. The summed E-state index contributed by atoms with van der Waals surface area (Å²) in [5.41, 5.74) is -0.635. The minimum absolute atomic E-state index is 0.00751. The first kappa shape index (κ1) is 33.8. The smallest absolute Gasteiger partial charge is 0.472 e. The molecule has 0 rings (SSSR count). The molecule has 0 saturated carbocycles. The summed E-state index contributed by atoms with van der Waals surface area (Å²) in [5, 5.41) is 11.0. The number of hydrogen-bond donors (Lipinski definition) is 3. The normalized spacial score (nSPS) is 14.3. The number of amides is 1. The van der Waals surface area contributed by atoms with Crippen LogP contribution in [0, 0.1) is 0 Å². The van der Waals surface area contributed by atoms with Gasteiger partial charge >= 0.3 is 19.9 Å². The fraction of sp³-hybridized carbons (Fsp3) is 0.913. The van der Waals surface area contributed by atoms with Crippen LogP contribution in [0.4, 0.5) is 4.79 Å². The Morgan fingerprint density at radius 3 is 2.00 bits per heavy atom. The number of carboxylic acids is 1. The lowest BCUT2D eigenvalue weighted by Crippen LogP contribution is -2.34. The van der Waals surface area contributed by atoms with Gasteiger partial charge in [-0.3, -0.25) is 13.8 Å². The largest absolute Gasteiger partial charge is 0.481 e. The van der Waals surface area contributed by atoms with E-state index in [1.54, 1.807) is 20.8 Å². The zero-order valence-electron chi connectivity index (χ0n) is 21.8. The number of unbranched alkanes of at least 4 members (excludes halogenated alkanes) is 8. The number of rotatable bonds is 22. The summed E-state index contributed by atoms with van der Waals surface area (Å²) in [6.45, 7) is 5.59. The van der Waals surface area contributed by atoms with Crippen molar-refractivity contribution in [2.24, 2.45) is 0 Å². The molecule has 12 heteroatoms. The monoisotopic (exact) mass is 527 g/mol. The van der Waals surface area contributed by atoms with Gasteiger partial charge in [0.2, 0.25) is 0 Å². The number of phosphoric acid groups is 1. The average Bonchev–Trinajstić information content (AvgIpc) is 2.75. The van der Waals surface area contributed by atoms with Crippen molar-refractivity contribution >= 4 is 19.9 Å². The number of aliphatic carboxylic acids is 1. The molecule has 0 aliphatic heterocycles. The number of hydrogen-bond acceptors (Lipinski definition) is 8. The van der Waals surface area contributed by atoms with Crippen molar-refractivity contribution in [3.05, 3.63) is 0 Å². The molecular weight excluding hydrogens is 481 g/mol. The Kier molecular flexibility index (Phi) is 19.2. The van der Waals surface area contributed by atoms with Gasteiger partial charge in [-0.15, -0.1) is 0 Å². The lowest BCUT2D eigenvalue weighted by molar-refractivity contribution is -0.137. The van der Waals surface area contributed by atoms with Crippen LogP contribution in [0.3, 0.4) is 0 Å². The van der Waals surface area contributed by atoms with Crippen LogP contribution in [-0.4, -0.2) is 73.8 Å². The van der Waals surface area contributed by atoms with Gasteiger partial charge in [0.25, 0.3) is 0 Å². The van der Waals surface area contributed by atoms with E-state index in [2.05, 4.69) is 5.32 Å². The van der Waals surface area contributed by atoms with Crippen molar-refractivity contribution < 1.29 is 47.4 Å². The highest BCUT2D eigenvalue weighted by Crippen LogP contribution is 2.43. The van der Waals surface area contributed by atoms with E-state index in [0.717, 1.165) is 57.8 Å². The van der Waals surface area contributed by atoms with Crippen molar-refractivity contribution in [3.63, 3.8) is 0 Å². The predicted octanol–water partition coefficient (Wildman–Crippen LogP) is 4.66. The lowest BCUT2D eigenvalue weighted by atomic mass is 10.1. The highest BCUT2D eigenvalue weighted by molar-refractivity contribution is 7.47. The second-order valence-electron chi connectivity index (χ2n) is 9.28. The molecule has 0 aliphatic carbocycles. The molecule has 0 aromatic rings. The van der Waals surface area contributed by atoms with Gasteiger partial charge in [-0.25, -0.2) is 9.36 Å². The second-order valence-corrected chi connectivity index (χ2v) is 10.7. The van der Waals surface area contributed by atoms with Crippen LogP contribution in [0.5, 0.6) is 0 Å². The van der Waals surface area contributed by atoms with E-state index in [1.165, 1.54) is 7.11 Å². The highest BCUT2D eigenvalue weighted by atomic mass is 31.2. The number of nitrogens with one attached hydrogen (secondary N) is 1. The summed E-state index contributed by atoms with van der Waals surface area (Å²) >= 11 is 0. The van der Waals surface area contributed by atoms with Crippen molar-refractivity contribution in [1.29, 1.82) is 0 Å². The lowest BCUT2D eigenvalue weighted by Gasteiger charge is -2.20. The Hall–Kier alpha value is -1.23. The van der Waals surface area contributed by atoms with Crippen LogP contribution >= 0.6 is 7.82 Å². The molecule has 0 aliphatic rings. The van der Waals surface area contributed by atoms with Gasteiger partial charge in [0.05, 0.1) is 19.8 Å². The minimum atomic E-state index is -4.29. The Balaban J connectivity index is 3.71. The van der Waals surface area contributed by atoms with Gasteiger partial charge < -0.3 is 29.5 Å².